The molecule has 0 aromatic carbocycles. The Morgan fingerprint density at radius 3 is 2.68 bits per heavy atom. The standard InChI is InChI=1S/C17H22ClN5O2/c1-10-6-12-14(19-7-10)21-15(13(18)20-12)23-8-11(9-23)22(5)16(24)25-17(2,3)4/h6-7,11H,8-9H2,1-5H3. The molecular weight excluding hydrogens is 342 g/mol. The molecule has 2 aromatic heterocycles. The fraction of sp³-hybridized carbons (Fsp3) is 0.529. The Kier molecular flexibility index (Phi) is 4.45. The summed E-state index contributed by atoms with van der Waals surface area (Å²) in [5.41, 5.74) is 1.74. The number of hydrogen-bond acceptors (Lipinski definition) is 6. The minimum atomic E-state index is -0.508. The molecule has 0 saturated carbocycles. The average Bonchev–Trinajstić information content (AvgIpc) is 2.44. The van der Waals surface area contributed by atoms with E-state index in [2.05, 4.69) is 15.0 Å². The van der Waals surface area contributed by atoms with Crippen LogP contribution >= 0.6 is 11.6 Å². The van der Waals surface area contributed by atoms with E-state index in [0.29, 0.717) is 35.2 Å². The topological polar surface area (TPSA) is 71.5 Å². The molecule has 0 bridgehead atoms. The van der Waals surface area contributed by atoms with Crippen LogP contribution in [-0.4, -0.2) is 57.7 Å². The van der Waals surface area contributed by atoms with Gasteiger partial charge >= 0.3 is 6.09 Å². The van der Waals surface area contributed by atoms with E-state index in [9.17, 15) is 4.79 Å². The van der Waals surface area contributed by atoms with Crippen molar-refractivity contribution in [3.05, 3.63) is 23.0 Å². The molecule has 1 aliphatic rings. The Hall–Kier alpha value is -2.15. The van der Waals surface area contributed by atoms with E-state index in [-0.39, 0.29) is 12.1 Å². The van der Waals surface area contributed by atoms with E-state index in [1.54, 1.807) is 18.1 Å². The third-order valence-electron chi connectivity index (χ3n) is 3.99. The second-order valence-corrected chi connectivity index (χ2v) is 7.70. The Morgan fingerprint density at radius 1 is 1.36 bits per heavy atom. The highest BCUT2D eigenvalue weighted by molar-refractivity contribution is 6.32. The molecule has 1 saturated heterocycles. The molecule has 0 unspecified atom stereocenters. The predicted octanol–water partition coefficient (Wildman–Crippen LogP) is 3.04. The summed E-state index contributed by atoms with van der Waals surface area (Å²) in [6.45, 7) is 8.76. The normalized spacial score (nSPS) is 15.2. The molecule has 25 heavy (non-hydrogen) atoms. The molecule has 2 aromatic rings. The Morgan fingerprint density at radius 2 is 2.04 bits per heavy atom. The van der Waals surface area contributed by atoms with Gasteiger partial charge in [-0.2, -0.15) is 0 Å². The van der Waals surface area contributed by atoms with Crippen molar-refractivity contribution in [1.82, 2.24) is 19.9 Å². The number of nitrogens with zero attached hydrogens (tertiary/aromatic N) is 5. The van der Waals surface area contributed by atoms with Crippen molar-refractivity contribution < 1.29 is 9.53 Å². The van der Waals surface area contributed by atoms with Crippen molar-refractivity contribution in [3.63, 3.8) is 0 Å². The molecule has 0 radical (unpaired) electrons. The predicted molar refractivity (Wildman–Crippen MR) is 97.1 cm³/mol. The summed E-state index contributed by atoms with van der Waals surface area (Å²) in [4.78, 5) is 28.9. The van der Waals surface area contributed by atoms with Crippen LogP contribution in [0.5, 0.6) is 0 Å². The third kappa shape index (κ3) is 3.76. The lowest BCUT2D eigenvalue weighted by atomic mass is 10.1. The summed E-state index contributed by atoms with van der Waals surface area (Å²) in [5, 5.41) is 0.346. The molecule has 0 spiro atoms. The minimum Gasteiger partial charge on any atom is -0.444 e. The summed E-state index contributed by atoms with van der Waals surface area (Å²) >= 11 is 6.29. The maximum absolute atomic E-state index is 12.1. The smallest absolute Gasteiger partial charge is 0.410 e. The van der Waals surface area contributed by atoms with Crippen LogP contribution < -0.4 is 4.90 Å². The van der Waals surface area contributed by atoms with Gasteiger partial charge in [0.15, 0.2) is 16.6 Å². The number of carbonyl (C=O) groups is 1. The van der Waals surface area contributed by atoms with Gasteiger partial charge in [0.2, 0.25) is 0 Å². The number of anilines is 1. The van der Waals surface area contributed by atoms with Crippen molar-refractivity contribution >= 4 is 34.7 Å². The van der Waals surface area contributed by atoms with Gasteiger partial charge in [-0.25, -0.2) is 19.7 Å². The van der Waals surface area contributed by atoms with Crippen LogP contribution in [0.1, 0.15) is 26.3 Å². The monoisotopic (exact) mass is 363 g/mol. The molecule has 1 aliphatic heterocycles. The molecule has 0 N–H and O–H groups in total. The molecule has 134 valence electrons. The second kappa shape index (κ2) is 6.29. The quantitative estimate of drug-likeness (QED) is 0.816. The molecule has 3 heterocycles. The van der Waals surface area contributed by atoms with E-state index in [4.69, 9.17) is 16.3 Å². The molecule has 7 nitrogen and oxygen atoms in total. The first-order valence-electron chi connectivity index (χ1n) is 8.15. The van der Waals surface area contributed by atoms with Gasteiger partial charge < -0.3 is 14.5 Å². The van der Waals surface area contributed by atoms with Crippen LogP contribution in [0.3, 0.4) is 0 Å². The number of ether oxygens (including phenoxy) is 1. The van der Waals surface area contributed by atoms with Gasteiger partial charge in [-0.15, -0.1) is 0 Å². The molecule has 1 fully saturated rings. The van der Waals surface area contributed by atoms with E-state index >= 15 is 0 Å². The van der Waals surface area contributed by atoms with Crippen molar-refractivity contribution in [2.45, 2.75) is 39.3 Å². The van der Waals surface area contributed by atoms with E-state index < -0.39 is 5.60 Å². The van der Waals surface area contributed by atoms with E-state index in [1.165, 1.54) is 0 Å². The zero-order valence-corrected chi connectivity index (χ0v) is 15.8. The summed E-state index contributed by atoms with van der Waals surface area (Å²) in [7, 11) is 1.74. The second-order valence-electron chi connectivity index (χ2n) is 7.34. The number of rotatable bonds is 2. The highest BCUT2D eigenvalue weighted by Crippen LogP contribution is 2.29. The lowest BCUT2D eigenvalue weighted by Crippen LogP contribution is -2.60. The van der Waals surface area contributed by atoms with E-state index in [1.807, 2.05) is 38.7 Å². The number of pyridine rings is 1. The number of aromatic nitrogens is 3. The van der Waals surface area contributed by atoms with Crippen LogP contribution in [0.25, 0.3) is 11.2 Å². The minimum absolute atomic E-state index is 0.0504. The maximum Gasteiger partial charge on any atom is 0.410 e. The van der Waals surface area contributed by atoms with Crippen LogP contribution in [0.2, 0.25) is 5.15 Å². The van der Waals surface area contributed by atoms with Gasteiger partial charge in [0.1, 0.15) is 11.1 Å². The average molecular weight is 364 g/mol. The largest absolute Gasteiger partial charge is 0.444 e. The number of fused-ring (bicyclic) bond motifs is 1. The highest BCUT2D eigenvalue weighted by atomic mass is 35.5. The summed E-state index contributed by atoms with van der Waals surface area (Å²) in [6, 6.07) is 1.95. The zero-order valence-electron chi connectivity index (χ0n) is 15.1. The fourth-order valence-electron chi connectivity index (χ4n) is 2.57. The Balaban J connectivity index is 1.70. The van der Waals surface area contributed by atoms with Crippen molar-refractivity contribution in [1.29, 1.82) is 0 Å². The van der Waals surface area contributed by atoms with Gasteiger partial charge in [0.05, 0.1) is 6.04 Å². The fourth-order valence-corrected chi connectivity index (χ4v) is 2.83. The summed E-state index contributed by atoms with van der Waals surface area (Å²) in [6.07, 6.45) is 1.43. The molecule has 8 heteroatoms. The molecular formula is C17H22ClN5O2. The first-order chi connectivity index (χ1) is 11.6. The Bertz CT molecular complexity index is 815. The van der Waals surface area contributed by atoms with Crippen molar-refractivity contribution in [2.75, 3.05) is 25.0 Å². The molecule has 1 amide bonds. The third-order valence-corrected chi connectivity index (χ3v) is 4.24. The molecule has 0 aliphatic carbocycles. The van der Waals surface area contributed by atoms with Crippen molar-refractivity contribution in [3.8, 4) is 0 Å². The van der Waals surface area contributed by atoms with Crippen LogP contribution in [0.4, 0.5) is 10.6 Å². The zero-order chi connectivity index (χ0) is 18.4. The van der Waals surface area contributed by atoms with Gasteiger partial charge in [-0.05, 0) is 39.3 Å². The van der Waals surface area contributed by atoms with Crippen LogP contribution in [0.15, 0.2) is 12.3 Å². The van der Waals surface area contributed by atoms with Crippen LogP contribution in [-0.2, 0) is 4.74 Å². The van der Waals surface area contributed by atoms with Crippen LogP contribution in [0, 0.1) is 6.92 Å². The van der Waals surface area contributed by atoms with Gasteiger partial charge in [-0.3, -0.25) is 0 Å². The number of aryl methyl sites for hydroxylation is 1. The number of hydrogen-bond donors (Lipinski definition) is 0. The molecule has 3 rings (SSSR count). The number of halogens is 1. The maximum atomic E-state index is 12.1. The van der Waals surface area contributed by atoms with E-state index in [0.717, 1.165) is 5.56 Å². The Labute approximate surface area is 152 Å². The number of carbonyl (C=O) groups excluding carboxylic acids is 1. The lowest BCUT2D eigenvalue weighted by Gasteiger charge is -2.44. The number of likely N-dealkylation sites (N-methyl/N-ethyl adjacent to an activating group) is 1. The summed E-state index contributed by atoms with van der Waals surface area (Å²) in [5.74, 6) is 0.597. The van der Waals surface area contributed by atoms with Gasteiger partial charge in [0.25, 0.3) is 0 Å². The SMILES string of the molecule is Cc1cnc2nc(N3CC(N(C)C(=O)OC(C)(C)C)C3)c(Cl)nc2c1. The van der Waals surface area contributed by atoms with Crippen molar-refractivity contribution in [2.24, 2.45) is 0 Å². The first-order valence-corrected chi connectivity index (χ1v) is 8.52. The first kappa shape index (κ1) is 17.7. The van der Waals surface area contributed by atoms with Gasteiger partial charge in [0, 0.05) is 26.3 Å². The summed E-state index contributed by atoms with van der Waals surface area (Å²) < 4.78 is 5.39. The van der Waals surface area contributed by atoms with Gasteiger partial charge in [-0.1, -0.05) is 11.6 Å². The lowest BCUT2D eigenvalue weighted by molar-refractivity contribution is 0.0196. The highest BCUT2D eigenvalue weighted by Gasteiger charge is 2.36. The number of amides is 1. The molecule has 0 atom stereocenters.